The van der Waals surface area contributed by atoms with Gasteiger partial charge in [0, 0.05) is 11.6 Å². The molecule has 2 aromatic rings. The van der Waals surface area contributed by atoms with E-state index in [4.69, 9.17) is 4.74 Å². The summed E-state index contributed by atoms with van der Waals surface area (Å²) in [5.74, 6) is 0.747. The fraction of sp³-hybridized carbons (Fsp3) is 0.143. The van der Waals surface area contributed by atoms with Gasteiger partial charge in [0.05, 0.1) is 13.2 Å². The first-order valence-corrected chi connectivity index (χ1v) is 5.42. The normalized spacial score (nSPS) is 9.94. The van der Waals surface area contributed by atoms with E-state index in [0.717, 1.165) is 0 Å². The number of carbonyl (C=O) groups is 1. The molecule has 0 saturated heterocycles. The Morgan fingerprint density at radius 2 is 1.82 bits per heavy atom. The van der Waals surface area contributed by atoms with Crippen molar-refractivity contribution in [1.82, 2.24) is 0 Å². The summed E-state index contributed by atoms with van der Waals surface area (Å²) in [4.78, 5) is 12.0. The second kappa shape index (κ2) is 5.25. The number of carbonyl (C=O) groups excluding carboxylic acids is 1. The SMILES string of the molecule is COc1cccc[n+]1CC(=O)c1ccccc1. The van der Waals surface area contributed by atoms with Crippen molar-refractivity contribution in [2.75, 3.05) is 7.11 Å². The van der Waals surface area contributed by atoms with E-state index in [-0.39, 0.29) is 12.3 Å². The van der Waals surface area contributed by atoms with E-state index in [9.17, 15) is 4.79 Å². The number of Topliss-reactive ketones (excluding diaryl/α,β-unsaturated/α-hetero) is 1. The lowest BCUT2D eigenvalue weighted by Gasteiger charge is -2.01. The molecular weight excluding hydrogens is 214 g/mol. The van der Waals surface area contributed by atoms with Crippen LogP contribution in [0.3, 0.4) is 0 Å². The Balaban J connectivity index is 2.19. The van der Waals surface area contributed by atoms with Gasteiger partial charge in [0.2, 0.25) is 12.3 Å². The smallest absolute Gasteiger partial charge is 0.367 e. The van der Waals surface area contributed by atoms with Gasteiger partial charge < -0.3 is 4.74 Å². The molecule has 1 heterocycles. The van der Waals surface area contributed by atoms with Crippen LogP contribution in [0.25, 0.3) is 0 Å². The Kier molecular flexibility index (Phi) is 3.50. The molecule has 0 fully saturated rings. The lowest BCUT2D eigenvalue weighted by Crippen LogP contribution is -2.38. The maximum absolute atomic E-state index is 12.0. The summed E-state index contributed by atoms with van der Waals surface area (Å²) in [6.07, 6.45) is 1.83. The molecule has 2 rings (SSSR count). The van der Waals surface area contributed by atoms with E-state index in [1.54, 1.807) is 11.7 Å². The van der Waals surface area contributed by atoms with Gasteiger partial charge in [-0.25, -0.2) is 0 Å². The molecule has 0 radical (unpaired) electrons. The molecule has 86 valence electrons. The van der Waals surface area contributed by atoms with Gasteiger partial charge in [-0.2, -0.15) is 4.57 Å². The minimum atomic E-state index is 0.0695. The zero-order valence-corrected chi connectivity index (χ0v) is 9.67. The molecule has 0 aliphatic heterocycles. The molecule has 17 heavy (non-hydrogen) atoms. The van der Waals surface area contributed by atoms with Crippen LogP contribution in [0.4, 0.5) is 0 Å². The number of nitrogens with zero attached hydrogens (tertiary/aromatic N) is 1. The summed E-state index contributed by atoms with van der Waals surface area (Å²) in [5, 5.41) is 0. The molecule has 0 unspecified atom stereocenters. The number of hydrogen-bond acceptors (Lipinski definition) is 2. The molecule has 0 bridgehead atoms. The van der Waals surface area contributed by atoms with Gasteiger partial charge in [0.1, 0.15) is 0 Å². The van der Waals surface area contributed by atoms with Gasteiger partial charge in [-0.05, 0) is 6.07 Å². The summed E-state index contributed by atoms with van der Waals surface area (Å²) >= 11 is 0. The van der Waals surface area contributed by atoms with E-state index in [2.05, 4.69) is 0 Å². The van der Waals surface area contributed by atoms with Crippen LogP contribution >= 0.6 is 0 Å². The molecule has 0 aliphatic rings. The number of methoxy groups -OCH3 is 1. The standard InChI is InChI=1S/C14H14NO2/c1-17-14-9-5-6-10-15(14)11-13(16)12-7-3-2-4-8-12/h2-10H,11H2,1H3/q+1. The fourth-order valence-corrected chi connectivity index (χ4v) is 1.65. The summed E-state index contributed by atoms with van der Waals surface area (Å²) in [6.45, 7) is 0.286. The molecular formula is C14H14NO2+. The van der Waals surface area contributed by atoms with E-state index >= 15 is 0 Å². The van der Waals surface area contributed by atoms with Crippen LogP contribution in [-0.2, 0) is 6.54 Å². The zero-order valence-electron chi connectivity index (χ0n) is 9.67. The van der Waals surface area contributed by atoms with E-state index < -0.39 is 0 Å². The van der Waals surface area contributed by atoms with Crippen molar-refractivity contribution < 1.29 is 14.1 Å². The van der Waals surface area contributed by atoms with Crippen molar-refractivity contribution in [1.29, 1.82) is 0 Å². The summed E-state index contributed by atoms with van der Waals surface area (Å²) < 4.78 is 6.98. The third-order valence-electron chi connectivity index (χ3n) is 2.52. The fourth-order valence-electron chi connectivity index (χ4n) is 1.65. The molecule has 0 aliphatic carbocycles. The van der Waals surface area contributed by atoms with Gasteiger partial charge in [-0.15, -0.1) is 0 Å². The molecule has 0 atom stereocenters. The average Bonchev–Trinajstić information content (AvgIpc) is 2.40. The van der Waals surface area contributed by atoms with Crippen LogP contribution in [0, 0.1) is 0 Å². The predicted octanol–water partition coefficient (Wildman–Crippen LogP) is 1.87. The van der Waals surface area contributed by atoms with Gasteiger partial charge in [-0.1, -0.05) is 30.3 Å². The third kappa shape index (κ3) is 2.69. The maximum Gasteiger partial charge on any atom is 0.367 e. The highest BCUT2D eigenvalue weighted by Crippen LogP contribution is 2.03. The molecule has 0 spiro atoms. The van der Waals surface area contributed by atoms with Crippen LogP contribution in [0.1, 0.15) is 10.4 Å². The highest BCUT2D eigenvalue weighted by Gasteiger charge is 2.15. The Hall–Kier alpha value is -2.16. The lowest BCUT2D eigenvalue weighted by atomic mass is 10.1. The maximum atomic E-state index is 12.0. The van der Waals surface area contributed by atoms with Crippen molar-refractivity contribution >= 4 is 5.78 Å². The van der Waals surface area contributed by atoms with Crippen LogP contribution < -0.4 is 9.30 Å². The number of ketones is 1. The first-order chi connectivity index (χ1) is 8.31. The molecule has 0 N–H and O–H groups in total. The van der Waals surface area contributed by atoms with Crippen molar-refractivity contribution in [3.05, 3.63) is 60.3 Å². The van der Waals surface area contributed by atoms with Crippen LogP contribution in [0.5, 0.6) is 5.88 Å². The molecule has 0 saturated carbocycles. The topological polar surface area (TPSA) is 30.2 Å². The monoisotopic (exact) mass is 228 g/mol. The zero-order chi connectivity index (χ0) is 12.1. The second-order valence-electron chi connectivity index (χ2n) is 3.66. The van der Waals surface area contributed by atoms with E-state index in [1.165, 1.54) is 0 Å². The van der Waals surface area contributed by atoms with Gasteiger partial charge in [0.25, 0.3) is 0 Å². The quantitative estimate of drug-likeness (QED) is 0.590. The molecule has 1 aromatic carbocycles. The number of hydrogen-bond donors (Lipinski definition) is 0. The van der Waals surface area contributed by atoms with Gasteiger partial charge in [0.15, 0.2) is 6.20 Å². The first-order valence-electron chi connectivity index (χ1n) is 5.42. The molecule has 1 aromatic heterocycles. The molecule has 3 nitrogen and oxygen atoms in total. The average molecular weight is 228 g/mol. The van der Waals surface area contributed by atoms with Crippen LogP contribution in [-0.4, -0.2) is 12.9 Å². The van der Waals surface area contributed by atoms with Crippen LogP contribution in [0.2, 0.25) is 0 Å². The van der Waals surface area contributed by atoms with Crippen molar-refractivity contribution in [2.45, 2.75) is 6.54 Å². The van der Waals surface area contributed by atoms with E-state index in [0.29, 0.717) is 11.4 Å². The lowest BCUT2D eigenvalue weighted by molar-refractivity contribution is -0.688. The van der Waals surface area contributed by atoms with Crippen molar-refractivity contribution in [2.24, 2.45) is 0 Å². The number of benzene rings is 1. The number of ether oxygens (including phenoxy) is 1. The third-order valence-corrected chi connectivity index (χ3v) is 2.52. The number of rotatable bonds is 4. The summed E-state index contributed by atoms with van der Waals surface area (Å²) in [5.41, 5.74) is 0.714. The van der Waals surface area contributed by atoms with Crippen LogP contribution in [0.15, 0.2) is 54.7 Å². The van der Waals surface area contributed by atoms with Gasteiger partial charge >= 0.3 is 5.88 Å². The van der Waals surface area contributed by atoms with E-state index in [1.807, 2.05) is 54.7 Å². The Bertz CT molecular complexity index is 509. The Morgan fingerprint density at radius 3 is 2.53 bits per heavy atom. The Morgan fingerprint density at radius 1 is 1.12 bits per heavy atom. The Labute approximate surface area is 100 Å². The summed E-state index contributed by atoms with van der Waals surface area (Å²) in [6, 6.07) is 14.8. The molecule has 3 heteroatoms. The van der Waals surface area contributed by atoms with Crippen molar-refractivity contribution in [3.63, 3.8) is 0 Å². The first kappa shape index (κ1) is 11.3. The largest absolute Gasteiger partial charge is 0.448 e. The number of aromatic nitrogens is 1. The minimum absolute atomic E-state index is 0.0695. The van der Waals surface area contributed by atoms with Crippen molar-refractivity contribution in [3.8, 4) is 5.88 Å². The summed E-state index contributed by atoms with van der Waals surface area (Å²) in [7, 11) is 1.60. The minimum Gasteiger partial charge on any atom is -0.448 e. The highest BCUT2D eigenvalue weighted by atomic mass is 16.5. The molecule has 0 amide bonds. The highest BCUT2D eigenvalue weighted by molar-refractivity contribution is 5.94. The predicted molar refractivity (Wildman–Crippen MR) is 64.0 cm³/mol. The number of pyridine rings is 1. The van der Waals surface area contributed by atoms with Gasteiger partial charge in [-0.3, -0.25) is 4.79 Å². The second-order valence-corrected chi connectivity index (χ2v) is 3.66.